The predicted molar refractivity (Wildman–Crippen MR) is 304 cm³/mol. The van der Waals surface area contributed by atoms with Crippen LogP contribution in [-0.4, -0.2) is 168 Å². The van der Waals surface area contributed by atoms with E-state index >= 15 is 17.6 Å². The van der Waals surface area contributed by atoms with Crippen LogP contribution in [0.5, 0.6) is 23.3 Å². The molecular weight excluding hydrogens is 1250 g/mol. The number of carbonyl (C=O) groups is 4. The van der Waals surface area contributed by atoms with Gasteiger partial charge in [0.25, 0.3) is 0 Å². The van der Waals surface area contributed by atoms with Gasteiger partial charge in [-0.2, -0.15) is 17.6 Å². The Balaban J connectivity index is 0.000000248. The molecule has 2 aromatic heterocycles. The van der Waals surface area contributed by atoms with Crippen LogP contribution in [-0.2, 0) is 87.1 Å². The van der Waals surface area contributed by atoms with Crippen molar-refractivity contribution in [3.05, 3.63) is 47.8 Å². The summed E-state index contributed by atoms with van der Waals surface area (Å²) in [4.78, 5) is 98.3. The molecule has 28 heteroatoms. The van der Waals surface area contributed by atoms with Crippen molar-refractivity contribution in [2.75, 3.05) is 53.7 Å². The van der Waals surface area contributed by atoms with Gasteiger partial charge in [0.15, 0.2) is 11.4 Å². The van der Waals surface area contributed by atoms with Gasteiger partial charge in [0, 0.05) is 74.3 Å². The van der Waals surface area contributed by atoms with Gasteiger partial charge in [0.05, 0.1) is 49.4 Å². The summed E-state index contributed by atoms with van der Waals surface area (Å²) in [6.45, 7) is 13.9. The Labute approximate surface area is 537 Å². The number of carbonyl (C=O) groups excluding carboxylic acids is 6. The van der Waals surface area contributed by atoms with E-state index < -0.39 is 143 Å². The van der Waals surface area contributed by atoms with Crippen LogP contribution < -0.4 is 29.6 Å². The molecule has 4 aromatic rings. The average molecular weight is 1320 g/mol. The van der Waals surface area contributed by atoms with Gasteiger partial charge >= 0.3 is 24.0 Å². The number of fused-ring (bicyclic) bond motifs is 10. The average Bonchev–Trinajstić information content (AvgIpc) is 1.84. The van der Waals surface area contributed by atoms with Crippen LogP contribution in [0, 0.1) is 34.5 Å². The molecule has 0 spiro atoms. The summed E-state index contributed by atoms with van der Waals surface area (Å²) in [5.41, 5.74) is -2.79. The Hall–Kier alpha value is -6.05. The molecule has 6 aliphatic rings. The van der Waals surface area contributed by atoms with E-state index in [-0.39, 0.29) is 97.3 Å². The molecule has 2 saturated heterocycles. The standard InChI is InChI=1S/C31H39F2N4O7.C30H37F2N4O7.2V/c1-7-19-22(15-38)37-14-23(19)43-26-24(34-20-9-8-18(41-6)12-21(20)35-26)31(32,33)16-42-11-10-17-13-30(17,5)44-28(40)36-25(27(37)39)29(2,3)4;1-6-18-21(14-37)36-13-23(18)42-26-24(33-19-8-7-17(40-5)12-20(19)34-26)30(31,32)15-41-10-9-16-11-22(16)43-28(39)35-25(27(36)38)29(2,3)4;;/h8-9,12,17,19,22-23,25H,7,10-11,13-14,16H2,1-6H3,(H,36,40);7-8,12,16,18,21-23,25H,6,9-11,13,15H2,1-5H3,(H,35,39);;/q2*-1;;/t17-,19+,22-,23+,25-,30-;16-,18+,21-,22-,23+,25-;;/m11../s1. The van der Waals surface area contributed by atoms with Gasteiger partial charge in [-0.3, -0.25) is 9.59 Å². The minimum atomic E-state index is -3.59. The Kier molecular flexibility index (Phi) is 22.0. The van der Waals surface area contributed by atoms with E-state index in [1.54, 1.807) is 86.6 Å². The molecule has 22 nitrogen and oxygen atoms in total. The Bertz CT molecular complexity index is 3250. The number of methoxy groups -OCH3 is 2. The molecule has 2 saturated carbocycles. The molecule has 4 bridgehead atoms. The second kappa shape index (κ2) is 27.8. The quantitative estimate of drug-likeness (QED) is 0.137. The van der Waals surface area contributed by atoms with E-state index in [0.29, 0.717) is 50.0 Å². The van der Waals surface area contributed by atoms with Gasteiger partial charge in [0.2, 0.25) is 23.6 Å². The number of rotatable bonds is 6. The van der Waals surface area contributed by atoms with Crippen molar-refractivity contribution >= 4 is 58.6 Å². The number of amides is 4. The van der Waals surface area contributed by atoms with E-state index in [2.05, 4.69) is 30.6 Å². The predicted octanol–water partition coefficient (Wildman–Crippen LogP) is 7.93. The number of alkyl carbamates (subject to hydrolysis) is 2. The largest absolute Gasteiger partial charge is 0.540 e. The number of hydrogen-bond acceptors (Lipinski definition) is 18. The number of alkyl halides is 4. The molecule has 2 N–H and O–H groups in total. The van der Waals surface area contributed by atoms with E-state index in [1.165, 1.54) is 36.2 Å². The van der Waals surface area contributed by atoms with E-state index in [0.717, 1.165) is 0 Å². The van der Waals surface area contributed by atoms with Crippen LogP contribution in [0.3, 0.4) is 0 Å². The van der Waals surface area contributed by atoms with Crippen molar-refractivity contribution in [2.24, 2.45) is 34.5 Å². The molecule has 2 aromatic carbocycles. The molecule has 6 heterocycles. The number of ether oxygens (including phenoxy) is 8. The van der Waals surface area contributed by atoms with Gasteiger partial charge in [-0.05, 0) is 79.5 Å². The van der Waals surface area contributed by atoms with Gasteiger partial charge in [0.1, 0.15) is 60.7 Å². The zero-order valence-electron chi connectivity index (χ0n) is 51.6. The van der Waals surface area contributed by atoms with Crippen molar-refractivity contribution in [1.82, 2.24) is 40.4 Å². The molecule has 4 amide bonds. The van der Waals surface area contributed by atoms with Crippen molar-refractivity contribution in [2.45, 2.75) is 161 Å². The van der Waals surface area contributed by atoms with Crippen LogP contribution in [0.15, 0.2) is 36.4 Å². The van der Waals surface area contributed by atoms with Gasteiger partial charge in [-0.1, -0.05) is 80.3 Å². The summed E-state index contributed by atoms with van der Waals surface area (Å²) in [5, 5.41) is 5.42. The van der Waals surface area contributed by atoms with E-state index in [1.807, 2.05) is 12.6 Å². The maximum Gasteiger partial charge on any atom is 0.408 e. The van der Waals surface area contributed by atoms with Crippen LogP contribution >= 0.6 is 0 Å². The summed E-state index contributed by atoms with van der Waals surface area (Å²) in [5.74, 6) is -9.50. The monoisotopic (exact) mass is 1320 g/mol. The van der Waals surface area contributed by atoms with Gasteiger partial charge in [-0.25, -0.2) is 42.1 Å². The minimum absolute atomic E-state index is 0. The third kappa shape index (κ3) is 15.5. The van der Waals surface area contributed by atoms with E-state index in [4.69, 9.17) is 37.9 Å². The van der Waals surface area contributed by atoms with Crippen molar-refractivity contribution in [1.29, 1.82) is 0 Å². The summed E-state index contributed by atoms with van der Waals surface area (Å²) in [6, 6.07) is 5.17. The zero-order valence-corrected chi connectivity index (χ0v) is 54.4. The maximum absolute atomic E-state index is 15.8. The fraction of sp³-hybridized carbons (Fsp3) is 0.639. The first-order valence-corrected chi connectivity index (χ1v) is 29.4. The number of nitrogens with one attached hydrogen (secondary N) is 2. The van der Waals surface area contributed by atoms with Crippen LogP contribution in [0.4, 0.5) is 27.2 Å². The SMILES string of the molecule is CC[C@@H]1[C@@H]2CN(C(=O)[C@H](C(C)(C)C)NC(=O)O[C@@H]3C[C@H]3CCOCC(F)(F)c3nc4ccc(OC)cc4nc3O2)[C@@H]1[C-]=O.CC[C@@H]1[C@@H]2CN(C(=O)[C@H](C(C)(C)C)NC(=O)O[C@]3(C)C[C@H]3CCOCC(F)(F)c3nc4ccc(OC)cc4nc3O2)[C@@H]1[C-]=O.[V].[V]. The topological polar surface area (TPSA) is 258 Å². The first-order chi connectivity index (χ1) is 41.1. The molecule has 4 aliphatic heterocycles. The fourth-order valence-electron chi connectivity index (χ4n) is 11.9. The molecule has 2 aliphatic carbocycles. The summed E-state index contributed by atoms with van der Waals surface area (Å²) in [6.07, 6.45) is 2.80. The van der Waals surface area contributed by atoms with Crippen molar-refractivity contribution in [3.8, 4) is 23.3 Å². The Morgan fingerprint density at radius 3 is 1.48 bits per heavy atom. The maximum atomic E-state index is 15.8. The Morgan fingerprint density at radius 2 is 1.07 bits per heavy atom. The second-order valence-corrected chi connectivity index (χ2v) is 25.5. The summed E-state index contributed by atoms with van der Waals surface area (Å²) >= 11 is 0. The number of halogens is 4. The zero-order chi connectivity index (χ0) is 63.1. The first-order valence-electron chi connectivity index (χ1n) is 29.4. The molecule has 2 radical (unpaired) electrons. The van der Waals surface area contributed by atoms with Crippen molar-refractivity contribution < 1.29 is 121 Å². The number of nitrogens with zero attached hydrogens (tertiary/aromatic N) is 6. The van der Waals surface area contributed by atoms with Crippen LogP contribution in [0.1, 0.15) is 112 Å². The molecule has 10 rings (SSSR count). The molecule has 12 atom stereocenters. The minimum Gasteiger partial charge on any atom is -0.540 e. The first kappa shape index (κ1) is 70.4. The Morgan fingerprint density at radius 1 is 0.629 bits per heavy atom. The van der Waals surface area contributed by atoms with Crippen molar-refractivity contribution in [3.63, 3.8) is 0 Å². The molecule has 0 unspecified atom stereocenters. The number of hydrogen-bond donors (Lipinski definition) is 2. The number of aromatic nitrogens is 4. The smallest absolute Gasteiger partial charge is 0.408 e. The van der Waals surface area contributed by atoms with Gasteiger partial charge < -0.3 is 67.9 Å². The van der Waals surface area contributed by atoms with Crippen LogP contribution in [0.2, 0.25) is 0 Å². The van der Waals surface area contributed by atoms with Crippen LogP contribution in [0.25, 0.3) is 22.1 Å². The third-order valence-electron chi connectivity index (χ3n) is 17.2. The van der Waals surface area contributed by atoms with E-state index in [9.17, 15) is 28.8 Å². The second-order valence-electron chi connectivity index (χ2n) is 25.5. The normalized spacial score (nSPS) is 29.7. The summed E-state index contributed by atoms with van der Waals surface area (Å²) in [7, 11) is 2.95. The fourth-order valence-corrected chi connectivity index (χ4v) is 11.9. The molecule has 89 heavy (non-hydrogen) atoms. The molecule has 484 valence electrons. The molecule has 4 fully saturated rings. The third-order valence-corrected chi connectivity index (χ3v) is 17.2. The van der Waals surface area contributed by atoms with Gasteiger partial charge in [-0.15, -0.1) is 0 Å². The number of benzene rings is 2. The molecular formula is C61H76F4N8O14V2-2. The summed E-state index contributed by atoms with van der Waals surface area (Å²) < 4.78 is 108.